The topological polar surface area (TPSA) is 31.4 Å². The normalized spacial score (nSPS) is 20.0. The molecular weight excluding hydrogens is 312 g/mol. The molecule has 0 radical (unpaired) electrons. The summed E-state index contributed by atoms with van der Waals surface area (Å²) in [5.74, 6) is 0. The van der Waals surface area contributed by atoms with Crippen molar-refractivity contribution in [3.63, 3.8) is 0 Å². The second-order valence-electron chi connectivity index (χ2n) is 6.59. The van der Waals surface area contributed by atoms with E-state index in [0.717, 1.165) is 16.0 Å². The maximum absolute atomic E-state index is 14.5. The molecule has 0 N–H and O–H groups in total. The Balaban J connectivity index is 1.79. The van der Waals surface area contributed by atoms with Gasteiger partial charge in [-0.15, -0.1) is 11.3 Å². The lowest BCUT2D eigenvalue weighted by atomic mass is 9.87. The third-order valence-corrected chi connectivity index (χ3v) is 5.27. The third kappa shape index (κ3) is 3.25. The molecule has 23 heavy (non-hydrogen) atoms. The van der Waals surface area contributed by atoms with E-state index in [-0.39, 0.29) is 0 Å². The van der Waals surface area contributed by atoms with E-state index in [1.54, 1.807) is 12.4 Å². The smallest absolute Gasteiger partial charge is 0.398 e. The fourth-order valence-corrected chi connectivity index (χ4v) is 3.13. The van der Waals surface area contributed by atoms with Crippen LogP contribution in [0.25, 0.3) is 17.2 Å². The SMILES string of the molecule is CC1(C)OB(C(F)=Cc2cc(-c3ccncc3)cs2)OC1(C)C. The molecule has 3 rings (SSSR count). The number of pyridine rings is 1. The lowest BCUT2D eigenvalue weighted by Gasteiger charge is -2.32. The molecule has 0 saturated carbocycles. The lowest BCUT2D eigenvalue weighted by Crippen LogP contribution is -2.41. The first-order valence-corrected chi connectivity index (χ1v) is 8.38. The molecule has 1 fully saturated rings. The summed E-state index contributed by atoms with van der Waals surface area (Å²) in [6.45, 7) is 7.64. The van der Waals surface area contributed by atoms with Gasteiger partial charge in [0.1, 0.15) is 5.73 Å². The van der Waals surface area contributed by atoms with Gasteiger partial charge in [0.25, 0.3) is 0 Å². The Hall–Kier alpha value is -1.50. The highest BCUT2D eigenvalue weighted by Crippen LogP contribution is 2.39. The predicted octanol–water partition coefficient (Wildman–Crippen LogP) is 4.75. The molecule has 120 valence electrons. The molecule has 2 aromatic rings. The van der Waals surface area contributed by atoms with Crippen molar-refractivity contribution in [3.8, 4) is 11.1 Å². The van der Waals surface area contributed by atoms with Crippen LogP contribution in [0.2, 0.25) is 0 Å². The Kier molecular flexibility index (Phi) is 4.17. The van der Waals surface area contributed by atoms with Crippen LogP contribution in [0.4, 0.5) is 4.39 Å². The molecule has 1 aliphatic heterocycles. The molecule has 3 nitrogen and oxygen atoms in total. The van der Waals surface area contributed by atoms with E-state index in [9.17, 15) is 4.39 Å². The maximum atomic E-state index is 14.5. The second-order valence-corrected chi connectivity index (χ2v) is 7.53. The molecule has 1 saturated heterocycles. The van der Waals surface area contributed by atoms with Gasteiger partial charge >= 0.3 is 7.12 Å². The molecule has 3 heterocycles. The molecule has 0 aliphatic carbocycles. The van der Waals surface area contributed by atoms with Gasteiger partial charge in [-0.1, -0.05) is 0 Å². The standard InChI is InChI=1S/C17H19BFNO2S/c1-16(2)17(3,4)22-18(21-16)15(19)10-14-9-13(11-23-14)12-5-7-20-8-6-12/h5-11H,1-4H3. The number of nitrogens with zero attached hydrogens (tertiary/aromatic N) is 1. The van der Waals surface area contributed by atoms with E-state index < -0.39 is 24.0 Å². The minimum Gasteiger partial charge on any atom is -0.398 e. The van der Waals surface area contributed by atoms with Crippen LogP contribution in [-0.4, -0.2) is 23.3 Å². The average molecular weight is 331 g/mol. The fourth-order valence-electron chi connectivity index (χ4n) is 2.28. The molecule has 0 bridgehead atoms. The Labute approximate surface area is 140 Å². The minimum atomic E-state index is -0.952. The van der Waals surface area contributed by atoms with E-state index in [4.69, 9.17) is 9.31 Å². The van der Waals surface area contributed by atoms with E-state index in [2.05, 4.69) is 4.98 Å². The molecular formula is C17H19BFNO2S. The number of halogens is 1. The largest absolute Gasteiger partial charge is 0.525 e. The molecule has 0 aromatic carbocycles. The summed E-state index contributed by atoms with van der Waals surface area (Å²) >= 11 is 1.48. The van der Waals surface area contributed by atoms with Crippen molar-refractivity contribution < 1.29 is 13.7 Å². The van der Waals surface area contributed by atoms with E-state index in [1.165, 1.54) is 17.4 Å². The number of hydrogen-bond acceptors (Lipinski definition) is 4. The first kappa shape index (κ1) is 16.4. The Morgan fingerprint density at radius 3 is 2.35 bits per heavy atom. The summed E-state index contributed by atoms with van der Waals surface area (Å²) < 4.78 is 25.9. The molecule has 1 aliphatic rings. The molecule has 0 spiro atoms. The monoisotopic (exact) mass is 331 g/mol. The van der Waals surface area contributed by atoms with E-state index >= 15 is 0 Å². The minimum absolute atomic E-state index is 0.410. The van der Waals surface area contributed by atoms with E-state index in [1.807, 2.05) is 51.3 Å². The van der Waals surface area contributed by atoms with Gasteiger partial charge in [0, 0.05) is 17.3 Å². The third-order valence-electron chi connectivity index (χ3n) is 4.39. The van der Waals surface area contributed by atoms with Crippen molar-refractivity contribution in [1.82, 2.24) is 4.98 Å². The quantitative estimate of drug-likeness (QED) is 0.761. The second kappa shape index (κ2) is 5.85. The summed E-state index contributed by atoms with van der Waals surface area (Å²) in [6.07, 6.45) is 4.97. The molecule has 0 unspecified atom stereocenters. The zero-order valence-electron chi connectivity index (χ0n) is 13.7. The number of aromatic nitrogens is 1. The van der Waals surface area contributed by atoms with Gasteiger partial charge in [0.15, 0.2) is 0 Å². The van der Waals surface area contributed by atoms with Crippen LogP contribution in [0.15, 0.2) is 41.7 Å². The van der Waals surface area contributed by atoms with Crippen LogP contribution in [0.3, 0.4) is 0 Å². The van der Waals surface area contributed by atoms with Crippen molar-refractivity contribution in [1.29, 1.82) is 0 Å². The van der Waals surface area contributed by atoms with Gasteiger partial charge < -0.3 is 9.31 Å². The number of hydrogen-bond donors (Lipinski definition) is 0. The lowest BCUT2D eigenvalue weighted by molar-refractivity contribution is 0.00578. The summed E-state index contributed by atoms with van der Waals surface area (Å²) in [4.78, 5) is 4.83. The van der Waals surface area contributed by atoms with Crippen LogP contribution < -0.4 is 0 Å². The van der Waals surface area contributed by atoms with Crippen LogP contribution in [0, 0.1) is 0 Å². The summed E-state index contributed by atoms with van der Waals surface area (Å²) in [7, 11) is -0.952. The van der Waals surface area contributed by atoms with Crippen molar-refractivity contribution in [3.05, 3.63) is 46.6 Å². The van der Waals surface area contributed by atoms with Gasteiger partial charge in [-0.25, -0.2) is 4.39 Å². The van der Waals surface area contributed by atoms with Crippen LogP contribution in [0.5, 0.6) is 0 Å². The Morgan fingerprint density at radius 1 is 1.13 bits per heavy atom. The summed E-state index contributed by atoms with van der Waals surface area (Å²) in [6, 6.07) is 5.81. The van der Waals surface area contributed by atoms with Crippen molar-refractivity contribution in [2.45, 2.75) is 38.9 Å². The summed E-state index contributed by atoms with van der Waals surface area (Å²) in [5, 5.41) is 2.00. The molecule has 2 aromatic heterocycles. The first-order valence-electron chi connectivity index (χ1n) is 7.50. The summed E-state index contributed by atoms with van der Waals surface area (Å²) in [5.41, 5.74) is 0.616. The van der Waals surface area contributed by atoms with Gasteiger partial charge in [0.05, 0.1) is 11.2 Å². The zero-order chi connectivity index (χ0) is 16.7. The fraction of sp³-hybridized carbons (Fsp3) is 0.353. The molecule has 0 amide bonds. The highest BCUT2D eigenvalue weighted by Gasteiger charge is 2.53. The number of thiophene rings is 1. The van der Waals surface area contributed by atoms with Crippen molar-refractivity contribution in [2.24, 2.45) is 0 Å². The van der Waals surface area contributed by atoms with Crippen molar-refractivity contribution in [2.75, 3.05) is 0 Å². The zero-order valence-corrected chi connectivity index (χ0v) is 14.5. The Morgan fingerprint density at radius 2 is 1.74 bits per heavy atom. The van der Waals surface area contributed by atoms with Gasteiger partial charge in [-0.3, -0.25) is 4.98 Å². The van der Waals surface area contributed by atoms with Crippen molar-refractivity contribution >= 4 is 24.5 Å². The highest BCUT2D eigenvalue weighted by atomic mass is 32.1. The predicted molar refractivity (Wildman–Crippen MR) is 92.7 cm³/mol. The van der Waals surface area contributed by atoms with Gasteiger partial charge in [-0.05, 0) is 68.5 Å². The first-order chi connectivity index (χ1) is 10.8. The average Bonchev–Trinajstić information content (AvgIpc) is 3.03. The van der Waals surface area contributed by atoms with E-state index in [0.29, 0.717) is 0 Å². The van der Waals surface area contributed by atoms with Crippen LogP contribution in [0.1, 0.15) is 32.6 Å². The van der Waals surface area contributed by atoms with Crippen LogP contribution in [-0.2, 0) is 9.31 Å². The van der Waals surface area contributed by atoms with Gasteiger partial charge in [0.2, 0.25) is 0 Å². The van der Waals surface area contributed by atoms with Gasteiger partial charge in [-0.2, -0.15) is 0 Å². The highest BCUT2D eigenvalue weighted by molar-refractivity contribution is 7.11. The Bertz CT molecular complexity index is 711. The number of rotatable bonds is 3. The maximum Gasteiger partial charge on any atom is 0.525 e. The molecule has 0 atom stereocenters. The molecule has 6 heteroatoms. The van der Waals surface area contributed by atoms with Crippen LogP contribution >= 0.6 is 11.3 Å².